The second-order valence-electron chi connectivity index (χ2n) is 7.23. The number of fused-ring (bicyclic) bond motifs is 1. The fourth-order valence-electron chi connectivity index (χ4n) is 4.20. The third kappa shape index (κ3) is 3.03. The van der Waals surface area contributed by atoms with Gasteiger partial charge in [-0.3, -0.25) is 0 Å². The summed E-state index contributed by atoms with van der Waals surface area (Å²) in [6.45, 7) is 0. The van der Waals surface area contributed by atoms with Crippen LogP contribution in [-0.2, 0) is 16.3 Å². The van der Waals surface area contributed by atoms with Gasteiger partial charge in [0.15, 0.2) is 0 Å². The van der Waals surface area contributed by atoms with Gasteiger partial charge in [0.05, 0.1) is 28.9 Å². The van der Waals surface area contributed by atoms with E-state index in [1.54, 1.807) is 6.07 Å². The van der Waals surface area contributed by atoms with E-state index in [4.69, 9.17) is 5.26 Å². The van der Waals surface area contributed by atoms with E-state index >= 15 is 0 Å². The van der Waals surface area contributed by atoms with Gasteiger partial charge in [0.2, 0.25) is 6.19 Å². The van der Waals surface area contributed by atoms with E-state index in [2.05, 4.69) is 11.1 Å². The third-order valence-electron chi connectivity index (χ3n) is 5.67. The number of nitriles is 2. The summed E-state index contributed by atoms with van der Waals surface area (Å²) in [7, 11) is -3.00. The average Bonchev–Trinajstić information content (AvgIpc) is 2.98. The van der Waals surface area contributed by atoms with Crippen LogP contribution in [0.25, 0.3) is 11.1 Å². The molecule has 0 unspecified atom stereocenters. The molecule has 0 N–H and O–H groups in total. The monoisotopic (exact) mass is 375 g/mol. The van der Waals surface area contributed by atoms with Crippen LogP contribution in [-0.4, -0.2) is 25.6 Å². The minimum atomic E-state index is -3.00. The Morgan fingerprint density at radius 3 is 2.44 bits per heavy atom. The maximum atomic E-state index is 11.9. The molecule has 2 aromatic carbocycles. The lowest BCUT2D eigenvalue weighted by Gasteiger charge is -2.33. The van der Waals surface area contributed by atoms with Gasteiger partial charge in [0.1, 0.15) is 9.84 Å². The van der Waals surface area contributed by atoms with Gasteiger partial charge in [0.25, 0.3) is 0 Å². The zero-order valence-corrected chi connectivity index (χ0v) is 15.5. The molecule has 0 saturated carbocycles. The zero-order chi connectivity index (χ0) is 19.1. The maximum Gasteiger partial charge on any atom is 0.205 e. The van der Waals surface area contributed by atoms with Crippen molar-refractivity contribution in [2.45, 2.75) is 19.3 Å². The summed E-state index contributed by atoms with van der Waals surface area (Å²) < 4.78 is 23.8. The molecule has 1 spiro atoms. The second-order valence-corrected chi connectivity index (χ2v) is 9.54. The van der Waals surface area contributed by atoms with Crippen LogP contribution in [0.4, 0.5) is 0 Å². The molecule has 1 heterocycles. The molecule has 134 valence electrons. The molecule has 1 fully saturated rings. The van der Waals surface area contributed by atoms with Crippen LogP contribution in [0, 0.1) is 28.2 Å². The van der Waals surface area contributed by atoms with E-state index in [0.717, 1.165) is 28.7 Å². The molecule has 0 bridgehead atoms. The van der Waals surface area contributed by atoms with Gasteiger partial charge >= 0.3 is 0 Å². The highest BCUT2D eigenvalue weighted by Crippen LogP contribution is 2.46. The van der Waals surface area contributed by atoms with E-state index in [0.29, 0.717) is 24.1 Å². The smallest absolute Gasteiger partial charge is 0.205 e. The largest absolute Gasteiger partial charge is 0.229 e. The highest BCUT2D eigenvalue weighted by atomic mass is 32.2. The number of hydrogen-bond donors (Lipinski definition) is 0. The molecule has 0 aromatic heterocycles. The van der Waals surface area contributed by atoms with Crippen molar-refractivity contribution in [2.24, 2.45) is 10.4 Å². The first-order valence-corrected chi connectivity index (χ1v) is 10.6. The molecule has 4 rings (SSSR count). The summed E-state index contributed by atoms with van der Waals surface area (Å²) in [6.07, 6.45) is 3.64. The minimum absolute atomic E-state index is 0.141. The molecule has 2 aliphatic rings. The lowest BCUT2D eigenvalue weighted by Crippen LogP contribution is -2.38. The van der Waals surface area contributed by atoms with E-state index in [9.17, 15) is 13.7 Å². The topological polar surface area (TPSA) is 94.1 Å². The van der Waals surface area contributed by atoms with Gasteiger partial charge in [-0.25, -0.2) is 8.42 Å². The predicted molar refractivity (Wildman–Crippen MR) is 103 cm³/mol. The normalized spacial score (nSPS) is 20.7. The van der Waals surface area contributed by atoms with Crippen molar-refractivity contribution in [2.75, 3.05) is 11.5 Å². The fraction of sp³-hybridized carbons (Fsp3) is 0.286. The van der Waals surface area contributed by atoms with Crippen LogP contribution in [0.1, 0.15) is 29.5 Å². The first-order chi connectivity index (χ1) is 13.0. The summed E-state index contributed by atoms with van der Waals surface area (Å²) in [5.41, 5.74) is 4.86. The molecule has 0 atom stereocenters. The lowest BCUT2D eigenvalue weighted by atomic mass is 9.77. The van der Waals surface area contributed by atoms with E-state index in [1.165, 1.54) is 0 Å². The molecule has 1 saturated heterocycles. The van der Waals surface area contributed by atoms with Crippen LogP contribution >= 0.6 is 0 Å². The Morgan fingerprint density at radius 2 is 1.74 bits per heavy atom. The molecule has 0 amide bonds. The van der Waals surface area contributed by atoms with Gasteiger partial charge in [-0.15, -0.1) is 0 Å². The minimum Gasteiger partial charge on any atom is -0.229 e. The van der Waals surface area contributed by atoms with Gasteiger partial charge in [0, 0.05) is 11.0 Å². The van der Waals surface area contributed by atoms with Crippen LogP contribution in [0.3, 0.4) is 0 Å². The molecule has 1 aliphatic heterocycles. The second kappa shape index (κ2) is 6.33. The van der Waals surface area contributed by atoms with Crippen LogP contribution < -0.4 is 0 Å². The van der Waals surface area contributed by atoms with E-state index in [1.807, 2.05) is 42.6 Å². The Hall–Kier alpha value is -2.96. The molecule has 27 heavy (non-hydrogen) atoms. The quantitative estimate of drug-likeness (QED) is 0.715. The number of aliphatic imine (C=N–C) groups is 1. The number of nitrogens with zero attached hydrogens (tertiary/aromatic N) is 3. The number of sulfone groups is 1. The number of benzene rings is 2. The molecule has 2 aromatic rings. The van der Waals surface area contributed by atoms with Gasteiger partial charge < -0.3 is 0 Å². The average molecular weight is 375 g/mol. The third-order valence-corrected chi connectivity index (χ3v) is 7.32. The van der Waals surface area contributed by atoms with E-state index in [-0.39, 0.29) is 16.9 Å². The Balaban J connectivity index is 1.78. The first kappa shape index (κ1) is 17.5. The SMILES string of the molecule is N#CN=C1c2cc(-c3cccc(C#N)c3)ccc2CC12CCS(=O)(=O)CC2. The summed E-state index contributed by atoms with van der Waals surface area (Å²) in [5.74, 6) is 0.283. The van der Waals surface area contributed by atoms with E-state index < -0.39 is 9.84 Å². The molecule has 6 heteroatoms. The summed E-state index contributed by atoms with van der Waals surface area (Å²) in [5, 5.41) is 18.4. The Kier molecular flexibility index (Phi) is 4.09. The fourth-order valence-corrected chi connectivity index (χ4v) is 5.81. The van der Waals surface area contributed by atoms with Crippen LogP contribution in [0.5, 0.6) is 0 Å². The molecular weight excluding hydrogens is 358 g/mol. The van der Waals surface area contributed by atoms with Crippen molar-refractivity contribution in [1.82, 2.24) is 0 Å². The molecule has 1 aliphatic carbocycles. The van der Waals surface area contributed by atoms with Crippen molar-refractivity contribution < 1.29 is 8.42 Å². The van der Waals surface area contributed by atoms with Crippen molar-refractivity contribution in [3.05, 3.63) is 59.2 Å². The van der Waals surface area contributed by atoms with Gasteiger partial charge in [-0.05, 0) is 54.2 Å². The highest BCUT2D eigenvalue weighted by Gasteiger charge is 2.47. The summed E-state index contributed by atoms with van der Waals surface area (Å²) >= 11 is 0. The summed E-state index contributed by atoms with van der Waals surface area (Å²) in [4.78, 5) is 4.13. The Bertz CT molecular complexity index is 1140. The predicted octanol–water partition coefficient (Wildman–Crippen LogP) is 3.25. The maximum absolute atomic E-state index is 11.9. The zero-order valence-electron chi connectivity index (χ0n) is 14.6. The molecular formula is C21H17N3O2S. The lowest BCUT2D eigenvalue weighted by molar-refractivity contribution is 0.383. The Morgan fingerprint density at radius 1 is 1.00 bits per heavy atom. The van der Waals surface area contributed by atoms with Crippen LogP contribution in [0.2, 0.25) is 0 Å². The summed E-state index contributed by atoms with van der Waals surface area (Å²) in [6, 6.07) is 15.6. The standard InChI is InChI=1S/C21H17N3O2S/c22-13-15-2-1-3-16(10-15)17-4-5-18-12-21(6-8-27(25,26)9-7-21)20(24-14-23)19(18)11-17/h1-5,10-11H,6-9,12H2. The highest BCUT2D eigenvalue weighted by molar-refractivity contribution is 7.91. The first-order valence-electron chi connectivity index (χ1n) is 8.78. The van der Waals surface area contributed by atoms with Gasteiger partial charge in [-0.1, -0.05) is 24.3 Å². The Labute approximate surface area is 158 Å². The van der Waals surface area contributed by atoms with Crippen molar-refractivity contribution in [1.29, 1.82) is 10.5 Å². The molecule has 5 nitrogen and oxygen atoms in total. The van der Waals surface area contributed by atoms with Gasteiger partial charge in [-0.2, -0.15) is 15.5 Å². The number of hydrogen-bond acceptors (Lipinski definition) is 5. The molecule has 0 radical (unpaired) electrons. The van der Waals surface area contributed by atoms with Crippen molar-refractivity contribution >= 4 is 15.5 Å². The van der Waals surface area contributed by atoms with Crippen molar-refractivity contribution in [3.8, 4) is 23.4 Å². The van der Waals surface area contributed by atoms with Crippen molar-refractivity contribution in [3.63, 3.8) is 0 Å². The number of rotatable bonds is 1. The van der Waals surface area contributed by atoms with Crippen LogP contribution in [0.15, 0.2) is 47.5 Å².